The lowest BCUT2D eigenvalue weighted by atomic mass is 9.86. The van der Waals surface area contributed by atoms with Crippen LogP contribution in [0.25, 0.3) is 0 Å². The van der Waals surface area contributed by atoms with Crippen molar-refractivity contribution in [2.24, 2.45) is 5.92 Å². The molecule has 160 valence electrons. The molecule has 1 aliphatic rings. The molecule has 1 atom stereocenters. The number of carbonyl (C=O) groups excluding carboxylic acids is 2. The Bertz CT molecular complexity index is 834. The molecule has 1 aromatic carbocycles. The summed E-state index contributed by atoms with van der Waals surface area (Å²) in [6.07, 6.45) is 7.58. The molecular weight excluding hydrogens is 380 g/mol. The molecule has 0 fully saturated rings. The van der Waals surface area contributed by atoms with Gasteiger partial charge in [-0.2, -0.15) is 0 Å². The summed E-state index contributed by atoms with van der Waals surface area (Å²) in [5, 5.41) is 0. The molecule has 2 aromatic rings. The zero-order valence-electron chi connectivity index (χ0n) is 17.8. The summed E-state index contributed by atoms with van der Waals surface area (Å²) in [4.78, 5) is 22.0. The lowest BCUT2D eigenvalue weighted by Crippen LogP contribution is -2.11. The zero-order chi connectivity index (χ0) is 21.8. The number of furan rings is 1. The van der Waals surface area contributed by atoms with Crippen LogP contribution in [0.4, 0.5) is 0 Å². The number of esters is 2. The first-order valence-corrected chi connectivity index (χ1v) is 10.2. The summed E-state index contributed by atoms with van der Waals surface area (Å²) in [6.45, 7) is 8.32. The first-order chi connectivity index (χ1) is 14.5. The van der Waals surface area contributed by atoms with E-state index in [-0.39, 0.29) is 11.7 Å². The van der Waals surface area contributed by atoms with Gasteiger partial charge >= 0.3 is 11.9 Å². The van der Waals surface area contributed by atoms with Crippen molar-refractivity contribution in [2.75, 3.05) is 13.2 Å². The molecule has 0 aliphatic heterocycles. The SMILES string of the molecule is C=C(C)C1CC=C(COC(C)=O)CC1.O=C(OCCc1ccccc1)c1ccco1. The lowest BCUT2D eigenvalue weighted by molar-refractivity contribution is -0.140. The standard InChI is InChI=1S/C13H12O3.C12H18O2/c14-13(12-7-4-9-15-12)16-10-8-11-5-2-1-3-6-11;1-9(2)12-6-4-11(5-7-12)8-14-10(3)13/h1-7,9H,8,10H2;4,12H,1,5-8H2,2-3H3. The fourth-order valence-corrected chi connectivity index (χ4v) is 3.03. The number of hydrogen-bond donors (Lipinski definition) is 0. The smallest absolute Gasteiger partial charge is 0.374 e. The van der Waals surface area contributed by atoms with Crippen molar-refractivity contribution in [3.63, 3.8) is 0 Å². The molecule has 0 bridgehead atoms. The Morgan fingerprint density at radius 2 is 1.87 bits per heavy atom. The van der Waals surface area contributed by atoms with E-state index in [4.69, 9.17) is 13.9 Å². The maximum absolute atomic E-state index is 11.4. The topological polar surface area (TPSA) is 65.7 Å². The molecule has 5 heteroatoms. The fraction of sp³-hybridized carbons (Fsp3) is 0.360. The van der Waals surface area contributed by atoms with Gasteiger partial charge in [-0.15, -0.1) is 0 Å². The van der Waals surface area contributed by atoms with Crippen LogP contribution in [0.5, 0.6) is 0 Å². The highest BCUT2D eigenvalue weighted by Crippen LogP contribution is 2.28. The van der Waals surface area contributed by atoms with E-state index in [1.807, 2.05) is 30.3 Å². The van der Waals surface area contributed by atoms with Crippen LogP contribution in [0.15, 0.2) is 76.9 Å². The molecule has 5 nitrogen and oxygen atoms in total. The van der Waals surface area contributed by atoms with Crippen molar-refractivity contribution in [2.45, 2.75) is 39.5 Å². The largest absolute Gasteiger partial charge is 0.461 e. The second-order valence-electron chi connectivity index (χ2n) is 7.31. The highest BCUT2D eigenvalue weighted by molar-refractivity contribution is 5.86. The van der Waals surface area contributed by atoms with Gasteiger partial charge in [0.2, 0.25) is 5.76 Å². The van der Waals surface area contributed by atoms with Gasteiger partial charge in [-0.3, -0.25) is 4.79 Å². The molecular formula is C25H30O5. The van der Waals surface area contributed by atoms with Gasteiger partial charge in [0.05, 0.1) is 12.9 Å². The zero-order valence-corrected chi connectivity index (χ0v) is 17.8. The predicted octanol–water partition coefficient (Wildman–Crippen LogP) is 5.53. The second-order valence-corrected chi connectivity index (χ2v) is 7.31. The predicted molar refractivity (Wildman–Crippen MR) is 116 cm³/mol. The molecule has 3 rings (SSSR count). The number of rotatable bonds is 7. The van der Waals surface area contributed by atoms with Crippen LogP contribution in [0.2, 0.25) is 0 Å². The van der Waals surface area contributed by atoms with Crippen molar-refractivity contribution in [1.29, 1.82) is 0 Å². The van der Waals surface area contributed by atoms with E-state index in [0.29, 0.717) is 25.6 Å². The van der Waals surface area contributed by atoms with E-state index in [1.165, 1.54) is 24.3 Å². The van der Waals surface area contributed by atoms with Gasteiger partial charge in [0.25, 0.3) is 0 Å². The van der Waals surface area contributed by atoms with Crippen LogP contribution < -0.4 is 0 Å². The van der Waals surface area contributed by atoms with Crippen molar-refractivity contribution in [1.82, 2.24) is 0 Å². The van der Waals surface area contributed by atoms with Crippen LogP contribution in [0, 0.1) is 5.92 Å². The summed E-state index contributed by atoms with van der Waals surface area (Å²) < 4.78 is 14.9. The Hall–Kier alpha value is -3.08. The van der Waals surface area contributed by atoms with Crippen LogP contribution in [0.1, 0.15) is 49.2 Å². The monoisotopic (exact) mass is 410 g/mol. The van der Waals surface area contributed by atoms with Crippen molar-refractivity contribution < 1.29 is 23.5 Å². The van der Waals surface area contributed by atoms with Gasteiger partial charge < -0.3 is 13.9 Å². The van der Waals surface area contributed by atoms with E-state index in [9.17, 15) is 9.59 Å². The normalized spacial score (nSPS) is 15.3. The molecule has 0 saturated heterocycles. The molecule has 0 N–H and O–H groups in total. The van der Waals surface area contributed by atoms with Gasteiger partial charge in [-0.05, 0) is 55.4 Å². The van der Waals surface area contributed by atoms with Gasteiger partial charge in [-0.25, -0.2) is 4.79 Å². The molecule has 0 amide bonds. The Morgan fingerprint density at radius 3 is 2.43 bits per heavy atom. The fourth-order valence-electron chi connectivity index (χ4n) is 3.03. The number of carbonyl (C=O) groups is 2. The summed E-state index contributed by atoms with van der Waals surface area (Å²) >= 11 is 0. The average Bonchev–Trinajstić information content (AvgIpc) is 3.29. The van der Waals surface area contributed by atoms with Crippen LogP contribution in [-0.2, 0) is 20.7 Å². The maximum Gasteiger partial charge on any atom is 0.374 e. The van der Waals surface area contributed by atoms with E-state index in [1.54, 1.807) is 12.1 Å². The van der Waals surface area contributed by atoms with Crippen molar-refractivity contribution >= 4 is 11.9 Å². The molecule has 30 heavy (non-hydrogen) atoms. The van der Waals surface area contributed by atoms with E-state index >= 15 is 0 Å². The van der Waals surface area contributed by atoms with E-state index in [2.05, 4.69) is 19.6 Å². The number of allylic oxidation sites excluding steroid dienone is 2. The minimum Gasteiger partial charge on any atom is -0.461 e. The molecule has 1 aromatic heterocycles. The van der Waals surface area contributed by atoms with Crippen LogP contribution >= 0.6 is 0 Å². The molecule has 1 unspecified atom stereocenters. The molecule has 0 saturated carbocycles. The Labute approximate surface area is 178 Å². The summed E-state index contributed by atoms with van der Waals surface area (Å²) in [7, 11) is 0. The molecule has 1 heterocycles. The second kappa shape index (κ2) is 12.5. The van der Waals surface area contributed by atoms with Crippen LogP contribution in [0.3, 0.4) is 0 Å². The Morgan fingerprint density at radius 1 is 1.10 bits per heavy atom. The minimum atomic E-state index is -0.416. The molecule has 1 aliphatic carbocycles. The molecule has 0 radical (unpaired) electrons. The quantitative estimate of drug-likeness (QED) is 0.443. The van der Waals surface area contributed by atoms with Gasteiger partial charge in [0.15, 0.2) is 0 Å². The highest BCUT2D eigenvalue weighted by Gasteiger charge is 2.15. The van der Waals surface area contributed by atoms with Crippen molar-refractivity contribution in [3.8, 4) is 0 Å². The van der Waals surface area contributed by atoms with E-state index in [0.717, 1.165) is 24.8 Å². The Balaban J connectivity index is 0.000000216. The Kier molecular flexibility index (Phi) is 9.65. The van der Waals surface area contributed by atoms with Gasteiger partial charge in [0, 0.05) is 13.3 Å². The number of hydrogen-bond acceptors (Lipinski definition) is 5. The average molecular weight is 411 g/mol. The lowest BCUT2D eigenvalue weighted by Gasteiger charge is -2.21. The molecule has 0 spiro atoms. The summed E-state index contributed by atoms with van der Waals surface area (Å²) in [6, 6.07) is 13.1. The third-order valence-electron chi connectivity index (χ3n) is 4.85. The number of ether oxygens (including phenoxy) is 2. The minimum absolute atomic E-state index is 0.201. The number of benzene rings is 1. The first kappa shape index (κ1) is 23.2. The third-order valence-corrected chi connectivity index (χ3v) is 4.85. The van der Waals surface area contributed by atoms with E-state index < -0.39 is 5.97 Å². The third kappa shape index (κ3) is 8.52. The summed E-state index contributed by atoms with van der Waals surface area (Å²) in [5.41, 5.74) is 3.65. The van der Waals surface area contributed by atoms with Gasteiger partial charge in [-0.1, -0.05) is 48.6 Å². The van der Waals surface area contributed by atoms with Gasteiger partial charge in [0.1, 0.15) is 6.61 Å². The summed E-state index contributed by atoms with van der Waals surface area (Å²) in [5.74, 6) is 0.248. The maximum atomic E-state index is 11.4. The highest BCUT2D eigenvalue weighted by atomic mass is 16.5. The van der Waals surface area contributed by atoms with Crippen LogP contribution in [-0.4, -0.2) is 25.2 Å². The van der Waals surface area contributed by atoms with Crippen molar-refractivity contribution in [3.05, 3.63) is 83.9 Å². The first-order valence-electron chi connectivity index (χ1n) is 10.2.